The highest BCUT2D eigenvalue weighted by atomic mass is 16.7. The molecule has 216 valence electrons. The van der Waals surface area contributed by atoms with E-state index in [1.54, 1.807) is 18.2 Å². The lowest BCUT2D eigenvalue weighted by Gasteiger charge is -2.32. The third kappa shape index (κ3) is 5.95. The molecule has 9 nitrogen and oxygen atoms in total. The Kier molecular flexibility index (Phi) is 8.20. The highest BCUT2D eigenvalue weighted by molar-refractivity contribution is 6.56. The van der Waals surface area contributed by atoms with Gasteiger partial charge in [0.2, 0.25) is 0 Å². The van der Waals surface area contributed by atoms with Crippen LogP contribution in [-0.4, -0.2) is 54.9 Å². The number of hydrogen-bond donors (Lipinski definition) is 3. The quantitative estimate of drug-likeness (QED) is 0.140. The summed E-state index contributed by atoms with van der Waals surface area (Å²) in [6.07, 6.45) is 2.01. The van der Waals surface area contributed by atoms with Gasteiger partial charge >= 0.3 is 13.2 Å². The van der Waals surface area contributed by atoms with E-state index in [4.69, 9.17) is 19.3 Å². The summed E-state index contributed by atoms with van der Waals surface area (Å²) in [6.45, 7) is 8.07. The molecule has 1 heterocycles. The fourth-order valence-corrected chi connectivity index (χ4v) is 5.17. The minimum Gasteiger partial charge on any atom is -0.449 e. The molecule has 0 spiro atoms. The Morgan fingerprint density at radius 3 is 2.12 bits per heavy atom. The van der Waals surface area contributed by atoms with Gasteiger partial charge in [-0.05, 0) is 67.1 Å². The molecule has 0 radical (unpaired) electrons. The van der Waals surface area contributed by atoms with E-state index in [1.165, 1.54) is 0 Å². The highest BCUT2D eigenvalue weighted by Crippen LogP contribution is 2.44. The Morgan fingerprint density at radius 2 is 1.50 bits per heavy atom. The van der Waals surface area contributed by atoms with Crippen molar-refractivity contribution < 1.29 is 28.8 Å². The summed E-state index contributed by atoms with van der Waals surface area (Å²) in [5, 5.41) is 17.0. The van der Waals surface area contributed by atoms with E-state index in [0.29, 0.717) is 16.7 Å². The number of para-hydroxylation sites is 1. The molecular formula is C32H34BN3O6. The van der Waals surface area contributed by atoms with Crippen LogP contribution in [0.1, 0.15) is 50.3 Å². The van der Waals surface area contributed by atoms with Crippen molar-refractivity contribution in [2.75, 3.05) is 18.5 Å². The molecule has 1 aliphatic heterocycles. The second kappa shape index (κ2) is 11.8. The van der Waals surface area contributed by atoms with Crippen LogP contribution < -0.4 is 10.6 Å². The van der Waals surface area contributed by atoms with Gasteiger partial charge in [-0.1, -0.05) is 78.0 Å². The molecule has 2 amide bonds. The van der Waals surface area contributed by atoms with Crippen LogP contribution in [-0.2, 0) is 18.8 Å². The van der Waals surface area contributed by atoms with Gasteiger partial charge in [0.15, 0.2) is 0 Å². The number of alkyl carbamates (subject to hydrolysis) is 1. The molecule has 42 heavy (non-hydrogen) atoms. The molecule has 5 rings (SSSR count). The maximum absolute atomic E-state index is 13.0. The molecule has 0 saturated carbocycles. The zero-order valence-electron chi connectivity index (χ0n) is 24.1. The molecule has 10 heteroatoms. The first-order valence-electron chi connectivity index (χ1n) is 13.8. The average Bonchev–Trinajstić information content (AvgIpc) is 3.39. The largest absolute Gasteiger partial charge is 0.492 e. The van der Waals surface area contributed by atoms with Gasteiger partial charge in [0, 0.05) is 18.2 Å². The summed E-state index contributed by atoms with van der Waals surface area (Å²) in [6, 6.07) is 23.5. The van der Waals surface area contributed by atoms with Crippen LogP contribution in [0.15, 0.2) is 83.4 Å². The topological polar surface area (TPSA) is 118 Å². The standard InChI is InChI=1S/C32H34BN3O6/c1-31(2)32(3,4)42-33(41-31)22(17-21-11-5-10-16-28(21)36-29(37)19-35-39)18-34-30(38)40-20-27-25-14-8-6-12-23(25)24-13-7-9-15-26(24)27/h5-17,19,27,39H,18,20H2,1-4H3,(H,34,38)(H,36,37). The molecule has 1 fully saturated rings. The summed E-state index contributed by atoms with van der Waals surface area (Å²) in [7, 11) is -0.758. The predicted molar refractivity (Wildman–Crippen MR) is 162 cm³/mol. The number of benzene rings is 3. The lowest BCUT2D eigenvalue weighted by atomic mass is 9.77. The Morgan fingerprint density at radius 1 is 0.929 bits per heavy atom. The van der Waals surface area contributed by atoms with Crippen molar-refractivity contribution in [3.8, 4) is 11.1 Å². The van der Waals surface area contributed by atoms with Gasteiger partial charge < -0.3 is 29.9 Å². The number of nitrogens with one attached hydrogen (secondary N) is 2. The lowest BCUT2D eigenvalue weighted by molar-refractivity contribution is -0.110. The van der Waals surface area contributed by atoms with Crippen LogP contribution >= 0.6 is 0 Å². The van der Waals surface area contributed by atoms with E-state index < -0.39 is 30.3 Å². The number of nitrogens with zero attached hydrogens (tertiary/aromatic N) is 1. The SMILES string of the molecule is CC1(C)OB(C(=Cc2ccccc2NC(=O)C=NO)CNC(=O)OCC2c3ccccc3-c3ccccc32)OC1(C)C. The van der Waals surface area contributed by atoms with E-state index in [2.05, 4.69) is 40.1 Å². The number of oxime groups is 1. The van der Waals surface area contributed by atoms with Crippen LogP contribution in [0.5, 0.6) is 0 Å². The fraction of sp³-hybridized carbons (Fsp3) is 0.281. The van der Waals surface area contributed by atoms with Crippen molar-refractivity contribution in [2.24, 2.45) is 5.16 Å². The Bertz CT molecular complexity index is 1490. The van der Waals surface area contributed by atoms with Crippen molar-refractivity contribution in [1.29, 1.82) is 0 Å². The number of rotatable bonds is 8. The summed E-state index contributed by atoms with van der Waals surface area (Å²) < 4.78 is 18.3. The van der Waals surface area contributed by atoms with E-state index >= 15 is 0 Å². The van der Waals surface area contributed by atoms with Crippen LogP contribution in [0.3, 0.4) is 0 Å². The molecule has 3 aromatic carbocycles. The molecular weight excluding hydrogens is 533 g/mol. The number of fused-ring (bicyclic) bond motifs is 3. The minimum absolute atomic E-state index is 0.0563. The molecule has 3 aromatic rings. The van der Waals surface area contributed by atoms with E-state index in [1.807, 2.05) is 64.1 Å². The Balaban J connectivity index is 1.33. The number of carbonyl (C=O) groups is 2. The first-order valence-corrected chi connectivity index (χ1v) is 13.8. The number of hydrogen-bond acceptors (Lipinski definition) is 7. The van der Waals surface area contributed by atoms with E-state index in [0.717, 1.165) is 28.5 Å². The van der Waals surface area contributed by atoms with Gasteiger partial charge in [-0.15, -0.1) is 0 Å². The summed E-state index contributed by atoms with van der Waals surface area (Å²) in [5.41, 5.74) is 5.13. The maximum Gasteiger partial charge on any atom is 0.492 e. The van der Waals surface area contributed by atoms with Crippen molar-refractivity contribution in [3.05, 3.63) is 95.0 Å². The molecule has 0 unspecified atom stereocenters. The zero-order valence-corrected chi connectivity index (χ0v) is 24.1. The van der Waals surface area contributed by atoms with Gasteiger partial charge in [-0.3, -0.25) is 4.79 Å². The van der Waals surface area contributed by atoms with Crippen LogP contribution in [0.25, 0.3) is 17.2 Å². The molecule has 2 aliphatic rings. The van der Waals surface area contributed by atoms with Crippen LogP contribution in [0.2, 0.25) is 0 Å². The van der Waals surface area contributed by atoms with Crippen molar-refractivity contribution in [1.82, 2.24) is 5.32 Å². The smallest absolute Gasteiger partial charge is 0.449 e. The third-order valence-corrected chi connectivity index (χ3v) is 8.07. The minimum atomic E-state index is -0.758. The Hall–Kier alpha value is -4.41. The predicted octanol–water partition coefficient (Wildman–Crippen LogP) is 5.64. The van der Waals surface area contributed by atoms with Gasteiger partial charge in [-0.2, -0.15) is 0 Å². The Labute approximate surface area is 245 Å². The van der Waals surface area contributed by atoms with Gasteiger partial charge in [0.05, 0.1) is 11.2 Å². The lowest BCUT2D eigenvalue weighted by Crippen LogP contribution is -2.41. The van der Waals surface area contributed by atoms with Crippen LogP contribution in [0.4, 0.5) is 10.5 Å². The van der Waals surface area contributed by atoms with Crippen molar-refractivity contribution in [3.63, 3.8) is 0 Å². The number of amides is 2. The first-order chi connectivity index (χ1) is 20.1. The number of carbonyl (C=O) groups excluding carboxylic acids is 2. The van der Waals surface area contributed by atoms with Crippen LogP contribution in [0, 0.1) is 0 Å². The van der Waals surface area contributed by atoms with E-state index in [9.17, 15) is 9.59 Å². The monoisotopic (exact) mass is 567 g/mol. The van der Waals surface area contributed by atoms with E-state index in [-0.39, 0.29) is 19.1 Å². The molecule has 0 bridgehead atoms. The summed E-state index contributed by atoms with van der Waals surface area (Å²) >= 11 is 0. The summed E-state index contributed by atoms with van der Waals surface area (Å²) in [4.78, 5) is 25.1. The number of anilines is 1. The maximum atomic E-state index is 13.0. The molecule has 1 aliphatic carbocycles. The third-order valence-electron chi connectivity index (χ3n) is 8.07. The van der Waals surface area contributed by atoms with Crippen molar-refractivity contribution in [2.45, 2.75) is 44.8 Å². The molecule has 0 aromatic heterocycles. The molecule has 0 atom stereocenters. The second-order valence-corrected chi connectivity index (χ2v) is 11.3. The normalized spacial score (nSPS) is 17.1. The second-order valence-electron chi connectivity index (χ2n) is 11.3. The van der Waals surface area contributed by atoms with Crippen molar-refractivity contribution >= 4 is 37.1 Å². The molecule has 3 N–H and O–H groups in total. The van der Waals surface area contributed by atoms with Gasteiger partial charge in [0.1, 0.15) is 12.8 Å². The zero-order chi connectivity index (χ0) is 29.9. The summed E-state index contributed by atoms with van der Waals surface area (Å²) in [5.74, 6) is -0.647. The fourth-order valence-electron chi connectivity index (χ4n) is 5.17. The number of ether oxygens (including phenoxy) is 1. The van der Waals surface area contributed by atoms with Gasteiger partial charge in [-0.25, -0.2) is 4.79 Å². The molecule has 1 saturated heterocycles. The average molecular weight is 567 g/mol. The first kappa shape index (κ1) is 29.1. The van der Waals surface area contributed by atoms with Gasteiger partial charge in [0.25, 0.3) is 5.91 Å². The highest BCUT2D eigenvalue weighted by Gasteiger charge is 2.52.